The first kappa shape index (κ1) is 15.0. The summed E-state index contributed by atoms with van der Waals surface area (Å²) in [5, 5.41) is 13.0. The molecule has 0 bridgehead atoms. The van der Waals surface area contributed by atoms with Crippen LogP contribution in [0.15, 0.2) is 40.9 Å². The van der Waals surface area contributed by atoms with Gasteiger partial charge in [-0.25, -0.2) is 4.39 Å². The third-order valence-corrected chi connectivity index (χ3v) is 3.23. The number of anilines is 1. The average Bonchev–Trinajstić information content (AvgIpc) is 2.43. The molecule has 0 aliphatic carbocycles. The minimum Gasteiger partial charge on any atom is -0.322 e. The molecule has 0 heterocycles. The second-order valence-corrected chi connectivity index (χ2v) is 4.86. The molecule has 1 amide bonds. The normalized spacial score (nSPS) is 10.2. The van der Waals surface area contributed by atoms with Crippen LogP contribution in [0.1, 0.15) is 10.4 Å². The molecule has 0 atom stereocenters. The summed E-state index contributed by atoms with van der Waals surface area (Å²) in [4.78, 5) is 21.6. The Morgan fingerprint density at radius 1 is 1.14 bits per heavy atom. The molecule has 0 aliphatic heterocycles. The van der Waals surface area contributed by atoms with Crippen LogP contribution in [-0.4, -0.2) is 10.8 Å². The van der Waals surface area contributed by atoms with Crippen molar-refractivity contribution in [2.45, 2.75) is 0 Å². The number of nitrogens with one attached hydrogen (secondary N) is 1. The van der Waals surface area contributed by atoms with Crippen molar-refractivity contribution in [3.05, 3.63) is 68.2 Å². The quantitative estimate of drug-likeness (QED) is 0.669. The Balaban J connectivity index is 2.26. The maximum absolute atomic E-state index is 13.3. The van der Waals surface area contributed by atoms with E-state index in [0.717, 1.165) is 24.3 Å². The van der Waals surface area contributed by atoms with Crippen LogP contribution in [0.5, 0.6) is 0 Å². The van der Waals surface area contributed by atoms with E-state index in [2.05, 4.69) is 21.2 Å². The maximum Gasteiger partial charge on any atom is 0.305 e. The molecule has 5 nitrogen and oxygen atoms in total. The van der Waals surface area contributed by atoms with Crippen molar-refractivity contribution >= 4 is 33.2 Å². The van der Waals surface area contributed by atoms with Gasteiger partial charge < -0.3 is 5.32 Å². The van der Waals surface area contributed by atoms with Crippen LogP contribution in [0.2, 0.25) is 0 Å². The topological polar surface area (TPSA) is 72.2 Å². The fourth-order valence-corrected chi connectivity index (χ4v) is 1.82. The van der Waals surface area contributed by atoms with Gasteiger partial charge in [0, 0.05) is 17.3 Å². The first-order chi connectivity index (χ1) is 9.88. The largest absolute Gasteiger partial charge is 0.322 e. The molecule has 2 aromatic carbocycles. The molecule has 0 aliphatic rings. The van der Waals surface area contributed by atoms with Crippen LogP contribution in [0.3, 0.4) is 0 Å². The summed E-state index contributed by atoms with van der Waals surface area (Å²) in [5.74, 6) is -2.32. The van der Waals surface area contributed by atoms with Crippen molar-refractivity contribution in [1.29, 1.82) is 0 Å². The van der Waals surface area contributed by atoms with Crippen molar-refractivity contribution in [3.63, 3.8) is 0 Å². The molecule has 0 aromatic heterocycles. The number of nitrogens with zero attached hydrogens (tertiary/aromatic N) is 1. The predicted octanol–water partition coefficient (Wildman–Crippen LogP) is 3.89. The van der Waals surface area contributed by atoms with Gasteiger partial charge in [0.2, 0.25) is 5.82 Å². The van der Waals surface area contributed by atoms with Crippen LogP contribution >= 0.6 is 15.9 Å². The molecule has 0 saturated heterocycles. The lowest BCUT2D eigenvalue weighted by Crippen LogP contribution is -2.12. The monoisotopic (exact) mass is 356 g/mol. The van der Waals surface area contributed by atoms with Gasteiger partial charge in [-0.2, -0.15) is 4.39 Å². The molecule has 0 saturated carbocycles. The Morgan fingerprint density at radius 3 is 2.48 bits per heavy atom. The van der Waals surface area contributed by atoms with Crippen LogP contribution in [0.25, 0.3) is 0 Å². The Morgan fingerprint density at radius 2 is 1.86 bits per heavy atom. The van der Waals surface area contributed by atoms with Crippen LogP contribution in [-0.2, 0) is 0 Å². The number of rotatable bonds is 3. The lowest BCUT2D eigenvalue weighted by molar-refractivity contribution is -0.387. The molecule has 0 fully saturated rings. The molecule has 2 rings (SSSR count). The molecule has 0 radical (unpaired) electrons. The van der Waals surface area contributed by atoms with Gasteiger partial charge in [-0.3, -0.25) is 14.9 Å². The molecule has 21 heavy (non-hydrogen) atoms. The zero-order chi connectivity index (χ0) is 15.6. The minimum absolute atomic E-state index is 0.105. The van der Waals surface area contributed by atoms with Crippen LogP contribution in [0.4, 0.5) is 20.2 Å². The highest BCUT2D eigenvalue weighted by molar-refractivity contribution is 9.10. The lowest BCUT2D eigenvalue weighted by atomic mass is 10.1. The molecule has 2 aromatic rings. The number of nitro benzene ring substituents is 1. The second kappa shape index (κ2) is 5.96. The van der Waals surface area contributed by atoms with E-state index in [-0.39, 0.29) is 15.7 Å². The Hall–Kier alpha value is -2.35. The second-order valence-electron chi connectivity index (χ2n) is 4.01. The Kier molecular flexibility index (Phi) is 4.27. The number of hydrogen-bond acceptors (Lipinski definition) is 3. The van der Waals surface area contributed by atoms with Crippen molar-refractivity contribution in [2.24, 2.45) is 0 Å². The van der Waals surface area contributed by atoms with Gasteiger partial charge in [0.1, 0.15) is 5.82 Å². The number of carbonyl (C=O) groups is 1. The predicted molar refractivity (Wildman–Crippen MR) is 75.1 cm³/mol. The van der Waals surface area contributed by atoms with Gasteiger partial charge in [-0.05, 0) is 46.3 Å². The van der Waals surface area contributed by atoms with E-state index in [0.29, 0.717) is 0 Å². The smallest absolute Gasteiger partial charge is 0.305 e. The highest BCUT2D eigenvalue weighted by Crippen LogP contribution is 2.22. The van der Waals surface area contributed by atoms with E-state index >= 15 is 0 Å². The lowest BCUT2D eigenvalue weighted by Gasteiger charge is -2.06. The molecule has 8 heteroatoms. The number of amides is 1. The van der Waals surface area contributed by atoms with Crippen LogP contribution in [0, 0.1) is 21.7 Å². The third kappa shape index (κ3) is 3.40. The van der Waals surface area contributed by atoms with Gasteiger partial charge in [0.05, 0.1) is 9.40 Å². The Labute approximate surface area is 125 Å². The summed E-state index contributed by atoms with van der Waals surface area (Å²) in [6, 6.07) is 6.68. The van der Waals surface area contributed by atoms with Crippen LogP contribution < -0.4 is 5.32 Å². The van der Waals surface area contributed by atoms with Crippen molar-refractivity contribution in [2.75, 3.05) is 5.32 Å². The van der Waals surface area contributed by atoms with Gasteiger partial charge in [0.25, 0.3) is 5.91 Å². The highest BCUT2D eigenvalue weighted by Gasteiger charge is 2.17. The Bertz CT molecular complexity index is 737. The fraction of sp³-hybridized carbons (Fsp3) is 0. The van der Waals surface area contributed by atoms with Gasteiger partial charge in [0.15, 0.2) is 0 Å². The summed E-state index contributed by atoms with van der Waals surface area (Å²) >= 11 is 2.97. The first-order valence-electron chi connectivity index (χ1n) is 5.59. The molecule has 108 valence electrons. The van der Waals surface area contributed by atoms with Gasteiger partial charge in [-0.1, -0.05) is 0 Å². The standard InChI is InChI=1S/C13H7BrF2N2O3/c14-9-3-2-8(6-11(9)16)17-13(19)7-1-4-10(15)12(5-7)18(20)21/h1-6H,(H,17,19). The number of hydrogen-bond donors (Lipinski definition) is 1. The SMILES string of the molecule is O=C(Nc1ccc(Br)c(F)c1)c1ccc(F)c([N+](=O)[O-])c1. The van der Waals surface area contributed by atoms with E-state index < -0.39 is 28.2 Å². The number of carbonyl (C=O) groups excluding carboxylic acids is 1. The van der Waals surface area contributed by atoms with Crippen molar-refractivity contribution in [3.8, 4) is 0 Å². The van der Waals surface area contributed by atoms with Crippen molar-refractivity contribution in [1.82, 2.24) is 0 Å². The maximum atomic E-state index is 13.3. The summed E-state index contributed by atoms with van der Waals surface area (Å²) in [5.41, 5.74) is -0.733. The first-order valence-corrected chi connectivity index (χ1v) is 6.38. The highest BCUT2D eigenvalue weighted by atomic mass is 79.9. The number of benzene rings is 2. The average molecular weight is 357 g/mol. The van der Waals surface area contributed by atoms with E-state index in [9.17, 15) is 23.7 Å². The zero-order valence-corrected chi connectivity index (χ0v) is 11.9. The van der Waals surface area contributed by atoms with E-state index in [4.69, 9.17) is 0 Å². The summed E-state index contributed by atoms with van der Waals surface area (Å²) < 4.78 is 26.7. The number of halogens is 3. The van der Waals surface area contributed by atoms with E-state index in [1.54, 1.807) is 0 Å². The number of nitro groups is 1. The molecular weight excluding hydrogens is 350 g/mol. The summed E-state index contributed by atoms with van der Waals surface area (Å²) in [6.45, 7) is 0. The molecule has 0 spiro atoms. The fourth-order valence-electron chi connectivity index (χ4n) is 1.57. The van der Waals surface area contributed by atoms with E-state index in [1.165, 1.54) is 12.1 Å². The zero-order valence-electron chi connectivity index (χ0n) is 10.3. The molecular formula is C13H7BrF2N2O3. The summed E-state index contributed by atoms with van der Waals surface area (Å²) in [6.07, 6.45) is 0. The van der Waals surface area contributed by atoms with Gasteiger partial charge in [-0.15, -0.1) is 0 Å². The molecule has 1 N–H and O–H groups in total. The van der Waals surface area contributed by atoms with Gasteiger partial charge >= 0.3 is 5.69 Å². The molecule has 0 unspecified atom stereocenters. The summed E-state index contributed by atoms with van der Waals surface area (Å²) in [7, 11) is 0. The van der Waals surface area contributed by atoms with Crippen molar-refractivity contribution < 1.29 is 18.5 Å². The van der Waals surface area contributed by atoms with E-state index in [1.807, 2.05) is 0 Å². The minimum atomic E-state index is -1.04. The third-order valence-electron chi connectivity index (χ3n) is 2.58.